The van der Waals surface area contributed by atoms with Crippen molar-refractivity contribution in [1.82, 2.24) is 0 Å². The molecule has 3 rings (SSSR count). The lowest BCUT2D eigenvalue weighted by Gasteiger charge is -2.20. The van der Waals surface area contributed by atoms with E-state index in [1.54, 1.807) is 18.2 Å². The number of nitrogens with one attached hydrogen (secondary N) is 1. The van der Waals surface area contributed by atoms with Gasteiger partial charge in [0.25, 0.3) is 5.91 Å². The Labute approximate surface area is 158 Å². The van der Waals surface area contributed by atoms with Gasteiger partial charge in [0, 0.05) is 0 Å². The second kappa shape index (κ2) is 8.11. The highest BCUT2D eigenvalue weighted by Crippen LogP contribution is 2.30. The summed E-state index contributed by atoms with van der Waals surface area (Å²) in [5.41, 5.74) is 3.21. The summed E-state index contributed by atoms with van der Waals surface area (Å²) in [7, 11) is 0. The first-order chi connectivity index (χ1) is 12.1. The van der Waals surface area contributed by atoms with Gasteiger partial charge in [-0.1, -0.05) is 42.3 Å². The zero-order valence-corrected chi connectivity index (χ0v) is 15.7. The number of fused-ring (bicyclic) bond motifs is 1. The van der Waals surface area contributed by atoms with Crippen molar-refractivity contribution in [2.75, 3.05) is 5.32 Å². The number of hydrogen-bond acceptors (Lipinski definition) is 2. The van der Waals surface area contributed by atoms with Gasteiger partial charge in [-0.15, -0.1) is 0 Å². The molecule has 25 heavy (non-hydrogen) atoms. The average molecular weight is 378 g/mol. The molecule has 1 N–H and O–H groups in total. The maximum absolute atomic E-state index is 12.6. The van der Waals surface area contributed by atoms with E-state index < -0.39 is 6.10 Å². The second-order valence-corrected chi connectivity index (χ2v) is 7.03. The van der Waals surface area contributed by atoms with Crippen LogP contribution in [-0.4, -0.2) is 12.0 Å². The average Bonchev–Trinajstić information content (AvgIpc) is 2.63. The second-order valence-electron chi connectivity index (χ2n) is 6.24. The standard InChI is InChI=1S/C20H21Cl2NO2/c1-2-18(20(24)23-17-9-5-8-16(21)19(17)22)25-15-11-10-13-6-3-4-7-14(13)12-15/h5,8-12,18H,2-4,6-7H2,1H3,(H,23,24)/t18-/m1/s1. The van der Waals surface area contributed by atoms with Crippen molar-refractivity contribution >= 4 is 34.8 Å². The van der Waals surface area contributed by atoms with Crippen molar-refractivity contribution in [1.29, 1.82) is 0 Å². The molecule has 0 saturated heterocycles. The zero-order valence-electron chi connectivity index (χ0n) is 14.1. The number of benzene rings is 2. The maximum atomic E-state index is 12.6. The first-order valence-corrected chi connectivity index (χ1v) is 9.37. The van der Waals surface area contributed by atoms with Crippen LogP contribution in [0.5, 0.6) is 5.75 Å². The fraction of sp³-hybridized carbons (Fsp3) is 0.350. The third-order valence-corrected chi connectivity index (χ3v) is 5.29. The van der Waals surface area contributed by atoms with Gasteiger partial charge in [0.2, 0.25) is 0 Å². The zero-order chi connectivity index (χ0) is 17.8. The summed E-state index contributed by atoms with van der Waals surface area (Å²) < 4.78 is 5.95. The molecule has 1 aliphatic carbocycles. The predicted octanol–water partition coefficient (Wildman–Crippen LogP) is 5.67. The highest BCUT2D eigenvalue weighted by Gasteiger charge is 2.20. The lowest BCUT2D eigenvalue weighted by atomic mass is 9.92. The smallest absolute Gasteiger partial charge is 0.265 e. The van der Waals surface area contributed by atoms with Crippen LogP contribution < -0.4 is 10.1 Å². The number of ether oxygens (including phenoxy) is 1. The summed E-state index contributed by atoms with van der Waals surface area (Å²) in [6.07, 6.45) is 4.63. The minimum Gasteiger partial charge on any atom is -0.481 e. The number of anilines is 1. The van der Waals surface area contributed by atoms with E-state index in [4.69, 9.17) is 27.9 Å². The Morgan fingerprint density at radius 3 is 2.68 bits per heavy atom. The van der Waals surface area contributed by atoms with Gasteiger partial charge in [0.05, 0.1) is 15.7 Å². The highest BCUT2D eigenvalue weighted by molar-refractivity contribution is 6.44. The van der Waals surface area contributed by atoms with Crippen LogP contribution in [0, 0.1) is 0 Å². The molecular formula is C20H21Cl2NO2. The molecule has 0 fully saturated rings. The van der Waals surface area contributed by atoms with Gasteiger partial charge in [-0.05, 0) is 67.5 Å². The molecule has 0 heterocycles. The highest BCUT2D eigenvalue weighted by atomic mass is 35.5. The van der Waals surface area contributed by atoms with E-state index in [-0.39, 0.29) is 5.91 Å². The van der Waals surface area contributed by atoms with E-state index in [2.05, 4.69) is 17.4 Å². The monoisotopic (exact) mass is 377 g/mol. The Hall–Kier alpha value is -1.71. The molecule has 3 nitrogen and oxygen atoms in total. The first-order valence-electron chi connectivity index (χ1n) is 8.62. The number of halogens is 2. The Balaban J connectivity index is 1.71. The number of carbonyl (C=O) groups excluding carboxylic acids is 1. The number of hydrogen-bond donors (Lipinski definition) is 1. The van der Waals surface area contributed by atoms with Crippen molar-refractivity contribution in [3.8, 4) is 5.75 Å². The van der Waals surface area contributed by atoms with Crippen LogP contribution in [-0.2, 0) is 17.6 Å². The van der Waals surface area contributed by atoms with E-state index in [1.807, 2.05) is 13.0 Å². The molecule has 132 valence electrons. The summed E-state index contributed by atoms with van der Waals surface area (Å²) in [6.45, 7) is 1.92. The number of carbonyl (C=O) groups is 1. The molecule has 1 amide bonds. The third kappa shape index (κ3) is 4.28. The predicted molar refractivity (Wildman–Crippen MR) is 103 cm³/mol. The number of aryl methyl sites for hydroxylation is 2. The lowest BCUT2D eigenvalue weighted by Crippen LogP contribution is -2.32. The third-order valence-electron chi connectivity index (χ3n) is 4.47. The lowest BCUT2D eigenvalue weighted by molar-refractivity contribution is -0.122. The van der Waals surface area contributed by atoms with E-state index >= 15 is 0 Å². The molecule has 0 aromatic heterocycles. The van der Waals surface area contributed by atoms with Gasteiger partial charge in [-0.2, -0.15) is 0 Å². The fourth-order valence-electron chi connectivity index (χ4n) is 3.08. The molecule has 0 saturated carbocycles. The molecule has 0 bridgehead atoms. The molecule has 0 spiro atoms. The maximum Gasteiger partial charge on any atom is 0.265 e. The molecule has 1 atom stereocenters. The van der Waals surface area contributed by atoms with Crippen LogP contribution in [0.15, 0.2) is 36.4 Å². The topological polar surface area (TPSA) is 38.3 Å². The summed E-state index contributed by atoms with van der Waals surface area (Å²) >= 11 is 12.1. The Morgan fingerprint density at radius 1 is 1.16 bits per heavy atom. The largest absolute Gasteiger partial charge is 0.481 e. The normalized spacial score (nSPS) is 14.5. The molecular weight excluding hydrogens is 357 g/mol. The van der Waals surface area contributed by atoms with Crippen LogP contribution >= 0.6 is 23.2 Å². The van der Waals surface area contributed by atoms with Crippen LogP contribution in [0.4, 0.5) is 5.69 Å². The summed E-state index contributed by atoms with van der Waals surface area (Å²) in [5, 5.41) is 3.54. The van der Waals surface area contributed by atoms with E-state index in [1.165, 1.54) is 24.0 Å². The van der Waals surface area contributed by atoms with Gasteiger partial charge >= 0.3 is 0 Å². The van der Waals surface area contributed by atoms with Crippen LogP contribution in [0.3, 0.4) is 0 Å². The summed E-state index contributed by atoms with van der Waals surface area (Å²) in [5.74, 6) is 0.504. The van der Waals surface area contributed by atoms with Crippen LogP contribution in [0.1, 0.15) is 37.3 Å². The molecule has 0 radical (unpaired) electrons. The number of amides is 1. The molecule has 2 aromatic rings. The van der Waals surface area contributed by atoms with Crippen molar-refractivity contribution in [3.05, 3.63) is 57.6 Å². The van der Waals surface area contributed by atoms with Gasteiger partial charge in [-0.3, -0.25) is 4.79 Å². The summed E-state index contributed by atoms with van der Waals surface area (Å²) in [4.78, 5) is 12.6. The first kappa shape index (κ1) is 18.1. The Bertz CT molecular complexity index is 776. The molecule has 0 unspecified atom stereocenters. The van der Waals surface area contributed by atoms with Crippen LogP contribution in [0.2, 0.25) is 10.0 Å². The van der Waals surface area contributed by atoms with Gasteiger partial charge in [-0.25, -0.2) is 0 Å². The Morgan fingerprint density at radius 2 is 1.92 bits per heavy atom. The van der Waals surface area contributed by atoms with E-state index in [0.717, 1.165) is 18.6 Å². The van der Waals surface area contributed by atoms with Crippen molar-refractivity contribution < 1.29 is 9.53 Å². The minimum atomic E-state index is -0.586. The van der Waals surface area contributed by atoms with Gasteiger partial charge in [0.15, 0.2) is 6.10 Å². The molecule has 0 aliphatic heterocycles. The van der Waals surface area contributed by atoms with E-state index in [9.17, 15) is 4.79 Å². The Kier molecular flexibility index (Phi) is 5.87. The van der Waals surface area contributed by atoms with Gasteiger partial charge in [0.1, 0.15) is 5.75 Å². The number of rotatable bonds is 5. The van der Waals surface area contributed by atoms with Crippen LogP contribution in [0.25, 0.3) is 0 Å². The SMILES string of the molecule is CC[C@@H](Oc1ccc2c(c1)CCCC2)C(=O)Nc1cccc(Cl)c1Cl. The van der Waals surface area contributed by atoms with Crippen molar-refractivity contribution in [3.63, 3.8) is 0 Å². The molecule has 5 heteroatoms. The summed E-state index contributed by atoms with van der Waals surface area (Å²) in [6, 6.07) is 11.3. The molecule has 2 aromatic carbocycles. The van der Waals surface area contributed by atoms with Crippen molar-refractivity contribution in [2.24, 2.45) is 0 Å². The minimum absolute atomic E-state index is 0.232. The van der Waals surface area contributed by atoms with E-state index in [0.29, 0.717) is 22.2 Å². The van der Waals surface area contributed by atoms with Gasteiger partial charge < -0.3 is 10.1 Å². The van der Waals surface area contributed by atoms with Crippen molar-refractivity contribution in [2.45, 2.75) is 45.1 Å². The molecule has 1 aliphatic rings. The fourth-order valence-corrected chi connectivity index (χ4v) is 3.43. The quantitative estimate of drug-likeness (QED) is 0.728.